The van der Waals surface area contributed by atoms with Gasteiger partial charge in [0.15, 0.2) is 0 Å². The molecule has 0 aliphatic rings. The number of aromatic nitrogens is 2. The Morgan fingerprint density at radius 3 is 2.62 bits per heavy atom. The molecule has 0 bridgehead atoms. The molecule has 0 amide bonds. The number of aromatic carboxylic acids is 1. The molecule has 0 aliphatic carbocycles. The topological polar surface area (TPSA) is 75.3 Å². The number of aromatic hydroxyl groups is 1. The Morgan fingerprint density at radius 1 is 1.15 bits per heavy atom. The fourth-order valence-electron chi connectivity index (χ4n) is 2.92. The first-order chi connectivity index (χ1) is 12.5. The average molecular weight is 385 g/mol. The number of phenolic OH excluding ortho intramolecular Hbond substituents is 1. The molecule has 1 aromatic carbocycles. The molecular formula is C19H13ClN2O3S. The third-order valence-electron chi connectivity index (χ3n) is 4.12. The van der Waals surface area contributed by atoms with E-state index in [0.717, 1.165) is 27.0 Å². The van der Waals surface area contributed by atoms with Crippen LogP contribution in [0.4, 0.5) is 0 Å². The lowest BCUT2D eigenvalue weighted by molar-refractivity contribution is 0.0702. The van der Waals surface area contributed by atoms with E-state index in [9.17, 15) is 15.0 Å². The highest BCUT2D eigenvalue weighted by Gasteiger charge is 2.18. The number of halogens is 1. The standard InChI is InChI=1S/C19H13ClN2O3S/c20-14-7-12(23)1-2-13(14)15-8-17-16(9-18(26-17)19(24)25)22(15)10-11-3-5-21-6-4-11/h1-9,23H,10H2,(H,24,25). The summed E-state index contributed by atoms with van der Waals surface area (Å²) in [6.45, 7) is 0.550. The number of phenols is 1. The fraction of sp³-hybridized carbons (Fsp3) is 0.0526. The molecular weight excluding hydrogens is 372 g/mol. The Morgan fingerprint density at radius 2 is 1.92 bits per heavy atom. The van der Waals surface area contributed by atoms with Crippen molar-refractivity contribution in [3.8, 4) is 17.0 Å². The number of fused-ring (bicyclic) bond motifs is 1. The van der Waals surface area contributed by atoms with Gasteiger partial charge in [-0.05, 0) is 48.0 Å². The van der Waals surface area contributed by atoms with E-state index in [4.69, 9.17) is 11.6 Å². The van der Waals surface area contributed by atoms with Gasteiger partial charge < -0.3 is 14.8 Å². The molecule has 0 radical (unpaired) electrons. The van der Waals surface area contributed by atoms with E-state index in [1.807, 2.05) is 22.8 Å². The van der Waals surface area contributed by atoms with Gasteiger partial charge in [-0.2, -0.15) is 0 Å². The lowest BCUT2D eigenvalue weighted by atomic mass is 10.1. The number of benzene rings is 1. The quantitative estimate of drug-likeness (QED) is 0.526. The minimum absolute atomic E-state index is 0.0981. The molecule has 0 aliphatic heterocycles. The summed E-state index contributed by atoms with van der Waals surface area (Å²) >= 11 is 7.57. The molecule has 5 nitrogen and oxygen atoms in total. The van der Waals surface area contributed by atoms with Gasteiger partial charge in [0.2, 0.25) is 0 Å². The fourth-order valence-corrected chi connectivity index (χ4v) is 4.13. The number of nitrogens with zero attached hydrogens (tertiary/aromatic N) is 2. The summed E-state index contributed by atoms with van der Waals surface area (Å²) in [6, 6.07) is 12.3. The second kappa shape index (κ2) is 6.48. The third kappa shape index (κ3) is 2.94. The minimum atomic E-state index is -0.939. The van der Waals surface area contributed by atoms with E-state index < -0.39 is 5.97 Å². The minimum Gasteiger partial charge on any atom is -0.508 e. The molecule has 0 fully saturated rings. The van der Waals surface area contributed by atoms with Gasteiger partial charge in [0.25, 0.3) is 0 Å². The van der Waals surface area contributed by atoms with Crippen molar-refractivity contribution in [2.75, 3.05) is 0 Å². The monoisotopic (exact) mass is 384 g/mol. The van der Waals surface area contributed by atoms with Crippen molar-refractivity contribution in [3.63, 3.8) is 0 Å². The van der Waals surface area contributed by atoms with Crippen LogP contribution in [0.25, 0.3) is 21.5 Å². The molecule has 4 aromatic rings. The molecule has 130 valence electrons. The van der Waals surface area contributed by atoms with Crippen molar-refractivity contribution in [2.24, 2.45) is 0 Å². The van der Waals surface area contributed by atoms with Crippen molar-refractivity contribution < 1.29 is 15.0 Å². The summed E-state index contributed by atoms with van der Waals surface area (Å²) < 4.78 is 2.90. The second-order valence-corrected chi connectivity index (χ2v) is 7.29. The lowest BCUT2D eigenvalue weighted by Crippen LogP contribution is -2.02. The highest BCUT2D eigenvalue weighted by Crippen LogP contribution is 2.38. The normalized spacial score (nSPS) is 11.1. The van der Waals surface area contributed by atoms with Crippen LogP contribution in [0, 0.1) is 0 Å². The lowest BCUT2D eigenvalue weighted by Gasteiger charge is -2.12. The van der Waals surface area contributed by atoms with Crippen molar-refractivity contribution in [2.45, 2.75) is 6.54 Å². The van der Waals surface area contributed by atoms with Gasteiger partial charge in [0, 0.05) is 24.5 Å². The molecule has 0 saturated heterocycles. The van der Waals surface area contributed by atoms with Gasteiger partial charge in [-0.15, -0.1) is 11.3 Å². The average Bonchev–Trinajstić information content (AvgIpc) is 3.16. The number of carboxylic acids is 1. The van der Waals surface area contributed by atoms with E-state index in [0.29, 0.717) is 16.4 Å². The number of carboxylic acid groups (broad SMARTS) is 1. The van der Waals surface area contributed by atoms with Crippen LogP contribution in [0.5, 0.6) is 5.75 Å². The first kappa shape index (κ1) is 16.6. The van der Waals surface area contributed by atoms with Crippen molar-refractivity contribution in [3.05, 3.63) is 70.3 Å². The zero-order valence-electron chi connectivity index (χ0n) is 13.4. The molecule has 0 atom stereocenters. The van der Waals surface area contributed by atoms with Gasteiger partial charge in [0.05, 0.1) is 20.9 Å². The van der Waals surface area contributed by atoms with Gasteiger partial charge in [-0.1, -0.05) is 11.6 Å². The summed E-state index contributed by atoms with van der Waals surface area (Å²) in [5.74, 6) is -0.841. The highest BCUT2D eigenvalue weighted by atomic mass is 35.5. The van der Waals surface area contributed by atoms with Crippen LogP contribution in [0.15, 0.2) is 54.9 Å². The van der Waals surface area contributed by atoms with Gasteiger partial charge in [0.1, 0.15) is 10.6 Å². The van der Waals surface area contributed by atoms with Crippen molar-refractivity contribution in [1.82, 2.24) is 9.55 Å². The predicted molar refractivity (Wildman–Crippen MR) is 102 cm³/mol. The third-order valence-corrected chi connectivity index (χ3v) is 5.49. The maximum Gasteiger partial charge on any atom is 0.345 e. The first-order valence-corrected chi connectivity index (χ1v) is 8.96. The number of carbonyl (C=O) groups is 1. The smallest absolute Gasteiger partial charge is 0.345 e. The second-order valence-electron chi connectivity index (χ2n) is 5.80. The maximum atomic E-state index is 11.3. The Balaban J connectivity index is 1.92. The molecule has 4 rings (SSSR count). The SMILES string of the molecule is O=C(O)c1cc2c(cc(-c3ccc(O)cc3Cl)n2Cc2ccncc2)s1. The molecule has 0 spiro atoms. The van der Waals surface area contributed by atoms with Crippen LogP contribution in [0.3, 0.4) is 0 Å². The summed E-state index contributed by atoms with van der Waals surface area (Å²) in [6.07, 6.45) is 3.44. The predicted octanol–water partition coefficient (Wildman–Crippen LogP) is 4.87. The van der Waals surface area contributed by atoms with Gasteiger partial charge in [-0.25, -0.2) is 4.79 Å². The van der Waals surface area contributed by atoms with E-state index in [-0.39, 0.29) is 5.75 Å². The van der Waals surface area contributed by atoms with E-state index >= 15 is 0 Å². The Kier molecular flexibility index (Phi) is 4.14. The number of thiophene rings is 1. The molecule has 3 heterocycles. The molecule has 26 heavy (non-hydrogen) atoms. The van der Waals surface area contributed by atoms with E-state index in [2.05, 4.69) is 4.98 Å². The van der Waals surface area contributed by atoms with Crippen LogP contribution in [-0.4, -0.2) is 25.7 Å². The number of pyridine rings is 1. The van der Waals surface area contributed by atoms with Crippen molar-refractivity contribution >= 4 is 39.1 Å². The summed E-state index contributed by atoms with van der Waals surface area (Å²) in [7, 11) is 0. The molecule has 0 unspecified atom stereocenters. The van der Waals surface area contributed by atoms with Crippen molar-refractivity contribution in [1.29, 1.82) is 0 Å². The zero-order valence-corrected chi connectivity index (χ0v) is 15.0. The van der Waals surface area contributed by atoms with E-state index in [1.165, 1.54) is 17.4 Å². The number of hydrogen-bond donors (Lipinski definition) is 2. The van der Waals surface area contributed by atoms with Crippen LogP contribution >= 0.6 is 22.9 Å². The van der Waals surface area contributed by atoms with Gasteiger partial charge in [-0.3, -0.25) is 4.98 Å². The first-order valence-electron chi connectivity index (χ1n) is 7.77. The summed E-state index contributed by atoms with van der Waals surface area (Å²) in [4.78, 5) is 15.7. The van der Waals surface area contributed by atoms with Gasteiger partial charge >= 0.3 is 5.97 Å². The molecule has 0 saturated carbocycles. The Labute approximate surface area is 157 Å². The number of rotatable bonds is 4. The van der Waals surface area contributed by atoms with Crippen LogP contribution in [-0.2, 0) is 6.54 Å². The molecule has 2 N–H and O–H groups in total. The molecule has 7 heteroatoms. The van der Waals surface area contributed by atoms with Crippen LogP contribution in [0.2, 0.25) is 5.02 Å². The summed E-state index contributed by atoms with van der Waals surface area (Å²) in [5, 5.41) is 19.3. The maximum absolute atomic E-state index is 11.3. The largest absolute Gasteiger partial charge is 0.508 e. The van der Waals surface area contributed by atoms with Crippen LogP contribution < -0.4 is 0 Å². The van der Waals surface area contributed by atoms with E-state index in [1.54, 1.807) is 30.6 Å². The Bertz CT molecular complexity index is 1120. The Hall–Kier alpha value is -2.83. The molecule has 3 aromatic heterocycles. The highest BCUT2D eigenvalue weighted by molar-refractivity contribution is 7.20. The number of hydrogen-bond acceptors (Lipinski definition) is 4. The summed E-state index contributed by atoms with van der Waals surface area (Å²) in [5.41, 5.74) is 3.52. The van der Waals surface area contributed by atoms with Crippen LogP contribution in [0.1, 0.15) is 15.2 Å². The zero-order chi connectivity index (χ0) is 18.3.